The fraction of sp³-hybridized carbons (Fsp3) is 0.529. The second-order valence-corrected chi connectivity index (χ2v) is 5.72. The average molecular weight is 306 g/mol. The molecular formula is C17H26N2O3. The lowest BCUT2D eigenvalue weighted by molar-refractivity contribution is -0.147. The molecule has 1 amide bonds. The summed E-state index contributed by atoms with van der Waals surface area (Å²) in [6.07, 6.45) is 0.574. The highest BCUT2D eigenvalue weighted by atomic mass is 16.5. The van der Waals surface area contributed by atoms with Crippen LogP contribution < -0.4 is 5.73 Å². The number of esters is 1. The molecule has 0 bridgehead atoms. The summed E-state index contributed by atoms with van der Waals surface area (Å²) in [6.45, 7) is 3.77. The van der Waals surface area contributed by atoms with Gasteiger partial charge in [-0.25, -0.2) is 0 Å². The molecule has 2 N–H and O–H groups in total. The van der Waals surface area contributed by atoms with E-state index in [4.69, 9.17) is 10.5 Å². The Balaban J connectivity index is 2.89. The Morgan fingerprint density at radius 1 is 1.23 bits per heavy atom. The molecule has 0 saturated carbocycles. The maximum absolute atomic E-state index is 12.7. The van der Waals surface area contributed by atoms with Crippen molar-refractivity contribution >= 4 is 11.9 Å². The van der Waals surface area contributed by atoms with Gasteiger partial charge in [0, 0.05) is 19.1 Å². The van der Waals surface area contributed by atoms with Crippen LogP contribution >= 0.6 is 0 Å². The summed E-state index contributed by atoms with van der Waals surface area (Å²) < 4.78 is 4.72. The number of rotatable bonds is 7. The second kappa shape index (κ2) is 8.54. The van der Waals surface area contributed by atoms with Crippen molar-refractivity contribution in [3.05, 3.63) is 35.9 Å². The molecule has 0 aliphatic rings. The summed E-state index contributed by atoms with van der Waals surface area (Å²) in [7, 11) is 3.06. The van der Waals surface area contributed by atoms with Crippen LogP contribution in [0.25, 0.3) is 0 Å². The SMILES string of the molecule is COC(=O)C[C@@H](Cc1ccccc1)C(=O)N(C)C(C)C(C)N. The summed E-state index contributed by atoms with van der Waals surface area (Å²) in [5.41, 5.74) is 6.89. The van der Waals surface area contributed by atoms with E-state index in [-0.39, 0.29) is 30.4 Å². The summed E-state index contributed by atoms with van der Waals surface area (Å²) in [6, 6.07) is 9.43. The molecule has 0 spiro atoms. The first-order chi connectivity index (χ1) is 10.4. The highest BCUT2D eigenvalue weighted by Gasteiger charge is 2.28. The number of benzene rings is 1. The number of carbonyl (C=O) groups is 2. The van der Waals surface area contributed by atoms with Crippen molar-refractivity contribution in [1.29, 1.82) is 0 Å². The maximum Gasteiger partial charge on any atom is 0.306 e. The van der Waals surface area contributed by atoms with Gasteiger partial charge >= 0.3 is 5.97 Å². The largest absolute Gasteiger partial charge is 0.469 e. The van der Waals surface area contributed by atoms with E-state index in [1.54, 1.807) is 11.9 Å². The third-order valence-electron chi connectivity index (χ3n) is 4.03. The van der Waals surface area contributed by atoms with Gasteiger partial charge in [-0.1, -0.05) is 30.3 Å². The van der Waals surface area contributed by atoms with E-state index in [1.807, 2.05) is 44.2 Å². The molecule has 122 valence electrons. The van der Waals surface area contributed by atoms with Gasteiger partial charge in [-0.3, -0.25) is 9.59 Å². The molecule has 5 heteroatoms. The minimum Gasteiger partial charge on any atom is -0.469 e. The number of ether oxygens (including phenoxy) is 1. The molecule has 1 aromatic carbocycles. The van der Waals surface area contributed by atoms with Crippen molar-refractivity contribution in [3.8, 4) is 0 Å². The van der Waals surface area contributed by atoms with E-state index in [9.17, 15) is 9.59 Å². The molecule has 1 rings (SSSR count). The molecule has 0 radical (unpaired) electrons. The number of likely N-dealkylation sites (N-methyl/N-ethyl adjacent to an activating group) is 1. The highest BCUT2D eigenvalue weighted by Crippen LogP contribution is 2.17. The summed E-state index contributed by atoms with van der Waals surface area (Å²) in [5.74, 6) is -0.906. The number of methoxy groups -OCH3 is 1. The number of nitrogens with two attached hydrogens (primary N) is 1. The van der Waals surface area contributed by atoms with Gasteiger partial charge < -0.3 is 15.4 Å². The second-order valence-electron chi connectivity index (χ2n) is 5.72. The minimum atomic E-state index is -0.443. The summed E-state index contributed by atoms with van der Waals surface area (Å²) in [5, 5.41) is 0. The van der Waals surface area contributed by atoms with E-state index in [2.05, 4.69) is 0 Å². The summed E-state index contributed by atoms with van der Waals surface area (Å²) in [4.78, 5) is 26.0. The number of hydrogen-bond acceptors (Lipinski definition) is 4. The first-order valence-electron chi connectivity index (χ1n) is 7.49. The van der Waals surface area contributed by atoms with Crippen LogP contribution in [0.1, 0.15) is 25.8 Å². The summed E-state index contributed by atoms with van der Waals surface area (Å²) >= 11 is 0. The molecule has 5 nitrogen and oxygen atoms in total. The average Bonchev–Trinajstić information content (AvgIpc) is 2.52. The van der Waals surface area contributed by atoms with Crippen molar-refractivity contribution in [2.24, 2.45) is 11.7 Å². The molecule has 0 saturated heterocycles. The molecule has 22 heavy (non-hydrogen) atoms. The van der Waals surface area contributed by atoms with Crippen molar-refractivity contribution in [3.63, 3.8) is 0 Å². The van der Waals surface area contributed by atoms with Crippen LogP contribution in [0.4, 0.5) is 0 Å². The molecule has 1 aromatic rings. The fourth-order valence-electron chi connectivity index (χ4n) is 2.27. The molecule has 3 atom stereocenters. The monoisotopic (exact) mass is 306 g/mol. The lowest BCUT2D eigenvalue weighted by Gasteiger charge is -2.31. The lowest BCUT2D eigenvalue weighted by Crippen LogP contribution is -2.48. The Kier molecular flexibility index (Phi) is 7.05. The van der Waals surface area contributed by atoms with E-state index in [0.29, 0.717) is 6.42 Å². The molecule has 0 heterocycles. The van der Waals surface area contributed by atoms with E-state index >= 15 is 0 Å². The highest BCUT2D eigenvalue weighted by molar-refractivity contribution is 5.84. The number of carbonyl (C=O) groups excluding carboxylic acids is 2. The lowest BCUT2D eigenvalue weighted by atomic mass is 9.94. The smallest absolute Gasteiger partial charge is 0.306 e. The predicted octanol–water partition coefficient (Wildman–Crippen LogP) is 1.60. The van der Waals surface area contributed by atoms with Crippen molar-refractivity contribution in [1.82, 2.24) is 4.90 Å². The van der Waals surface area contributed by atoms with Crippen LogP contribution in [0, 0.1) is 5.92 Å². The number of nitrogens with zero attached hydrogens (tertiary/aromatic N) is 1. The standard InChI is InChI=1S/C17H26N2O3/c1-12(18)13(2)19(3)17(21)15(11-16(20)22-4)10-14-8-6-5-7-9-14/h5-9,12-13,15H,10-11,18H2,1-4H3/t12?,13?,15-/m1/s1. The fourth-order valence-corrected chi connectivity index (χ4v) is 2.27. The van der Waals surface area contributed by atoms with Gasteiger partial charge in [0.1, 0.15) is 0 Å². The topological polar surface area (TPSA) is 72.6 Å². The van der Waals surface area contributed by atoms with Crippen LogP contribution in [-0.2, 0) is 20.7 Å². The van der Waals surface area contributed by atoms with Gasteiger partial charge in [-0.05, 0) is 25.8 Å². The normalized spacial score (nSPS) is 14.8. The third kappa shape index (κ3) is 5.15. The first kappa shape index (κ1) is 18.2. The minimum absolute atomic E-state index is 0.0697. The Hall–Kier alpha value is -1.88. The molecule has 0 aliphatic carbocycles. The Morgan fingerprint density at radius 3 is 2.32 bits per heavy atom. The van der Waals surface area contributed by atoms with Gasteiger partial charge in [0.2, 0.25) is 5.91 Å². The first-order valence-corrected chi connectivity index (χ1v) is 7.49. The predicted molar refractivity (Wildman–Crippen MR) is 86.2 cm³/mol. The maximum atomic E-state index is 12.7. The number of hydrogen-bond donors (Lipinski definition) is 1. The van der Waals surface area contributed by atoms with Crippen molar-refractivity contribution in [2.75, 3.05) is 14.2 Å². The zero-order valence-electron chi connectivity index (χ0n) is 13.8. The van der Waals surface area contributed by atoms with Gasteiger partial charge in [0.05, 0.1) is 19.4 Å². The van der Waals surface area contributed by atoms with Crippen molar-refractivity contribution < 1.29 is 14.3 Å². The van der Waals surface area contributed by atoms with Crippen molar-refractivity contribution in [2.45, 2.75) is 38.8 Å². The van der Waals surface area contributed by atoms with E-state index in [0.717, 1.165) is 5.56 Å². The molecule has 0 aromatic heterocycles. The van der Waals surface area contributed by atoms with Crippen LogP contribution in [-0.4, -0.2) is 43.0 Å². The Labute approximate surface area is 132 Å². The molecule has 2 unspecified atom stereocenters. The van der Waals surface area contributed by atoms with Gasteiger partial charge in [-0.15, -0.1) is 0 Å². The third-order valence-corrected chi connectivity index (χ3v) is 4.03. The molecule has 0 fully saturated rings. The zero-order valence-corrected chi connectivity index (χ0v) is 13.8. The van der Waals surface area contributed by atoms with Gasteiger partial charge in [0.15, 0.2) is 0 Å². The van der Waals surface area contributed by atoms with Crippen LogP contribution in [0.2, 0.25) is 0 Å². The van der Waals surface area contributed by atoms with Crippen LogP contribution in [0.15, 0.2) is 30.3 Å². The van der Waals surface area contributed by atoms with E-state index < -0.39 is 5.92 Å². The molecular weight excluding hydrogens is 280 g/mol. The zero-order chi connectivity index (χ0) is 16.7. The Morgan fingerprint density at radius 2 is 1.82 bits per heavy atom. The quantitative estimate of drug-likeness (QED) is 0.777. The van der Waals surface area contributed by atoms with Gasteiger partial charge in [0.25, 0.3) is 0 Å². The Bertz CT molecular complexity index is 488. The van der Waals surface area contributed by atoms with Gasteiger partial charge in [-0.2, -0.15) is 0 Å². The van der Waals surface area contributed by atoms with Crippen LogP contribution in [0.5, 0.6) is 0 Å². The van der Waals surface area contributed by atoms with Crippen LogP contribution in [0.3, 0.4) is 0 Å². The number of amides is 1. The van der Waals surface area contributed by atoms with E-state index in [1.165, 1.54) is 7.11 Å². The molecule has 0 aliphatic heterocycles.